The minimum Gasteiger partial charge on any atom is -0.435 e. The van der Waals surface area contributed by atoms with Gasteiger partial charge in [0.05, 0.1) is 18.4 Å². The van der Waals surface area contributed by atoms with Crippen LogP contribution in [0.25, 0.3) is 22.1 Å². The average Bonchev–Trinajstić information content (AvgIpc) is 3.16. The third kappa shape index (κ3) is 2.19. The summed E-state index contributed by atoms with van der Waals surface area (Å²) in [5, 5.41) is 2.09. The SMILES string of the molecule is [2H]C(C)(C)N1c2ccccc2N(c2c(C)ccc3c2oc2ncccc23)[C@H]1C. The van der Waals surface area contributed by atoms with E-state index in [1.165, 1.54) is 0 Å². The Kier molecular flexibility index (Phi) is 3.21. The number of pyridine rings is 1. The summed E-state index contributed by atoms with van der Waals surface area (Å²) in [7, 11) is 0. The number of hydrogen-bond donors (Lipinski definition) is 0. The summed E-state index contributed by atoms with van der Waals surface area (Å²) in [6.07, 6.45) is 1.74. The Bertz CT molecular complexity index is 1210. The van der Waals surface area contributed by atoms with Gasteiger partial charge in [-0.15, -0.1) is 0 Å². The molecule has 0 saturated heterocycles. The Labute approximate surface area is 160 Å². The molecule has 0 unspecified atom stereocenters. The van der Waals surface area contributed by atoms with Crippen LogP contribution in [0.4, 0.5) is 17.1 Å². The Morgan fingerprint density at radius 2 is 1.81 bits per heavy atom. The second-order valence-electron chi connectivity index (χ2n) is 7.37. The molecule has 0 amide bonds. The lowest BCUT2D eigenvalue weighted by molar-refractivity contribution is 0.602. The number of nitrogens with zero attached hydrogens (tertiary/aromatic N) is 3. The number of aromatic nitrogens is 1. The van der Waals surface area contributed by atoms with E-state index in [-0.39, 0.29) is 6.17 Å². The van der Waals surface area contributed by atoms with Crippen molar-refractivity contribution in [2.45, 2.75) is 39.9 Å². The Morgan fingerprint density at radius 1 is 1.04 bits per heavy atom. The van der Waals surface area contributed by atoms with E-state index in [2.05, 4.69) is 59.0 Å². The van der Waals surface area contributed by atoms with Crippen molar-refractivity contribution in [3.8, 4) is 0 Å². The van der Waals surface area contributed by atoms with Crippen LogP contribution in [-0.4, -0.2) is 17.2 Å². The summed E-state index contributed by atoms with van der Waals surface area (Å²) in [6, 6.07) is 15.8. The van der Waals surface area contributed by atoms with Gasteiger partial charge in [-0.2, -0.15) is 0 Å². The lowest BCUT2D eigenvalue weighted by atomic mass is 10.1. The van der Waals surface area contributed by atoms with E-state index in [1.54, 1.807) is 6.20 Å². The zero-order valence-electron chi connectivity index (χ0n) is 17.0. The highest BCUT2D eigenvalue weighted by Crippen LogP contribution is 2.48. The molecule has 1 aliphatic rings. The maximum Gasteiger partial charge on any atom is 0.227 e. The molecule has 0 radical (unpaired) electrons. The van der Waals surface area contributed by atoms with Crippen molar-refractivity contribution in [3.05, 3.63) is 60.3 Å². The van der Waals surface area contributed by atoms with Crippen LogP contribution < -0.4 is 9.80 Å². The number of rotatable bonds is 2. The first-order valence-corrected chi connectivity index (χ1v) is 9.32. The minimum atomic E-state index is -0.749. The van der Waals surface area contributed by atoms with Gasteiger partial charge in [-0.1, -0.05) is 24.3 Å². The maximum atomic E-state index is 8.71. The molecule has 0 spiro atoms. The van der Waals surface area contributed by atoms with Gasteiger partial charge in [0, 0.05) is 23.0 Å². The molecule has 4 aromatic rings. The molecule has 5 rings (SSSR count). The standard InChI is InChI=1S/C23H23N3O/c1-14(2)25-16(4)26(20-10-6-5-9-19(20)25)21-15(3)11-12-17-18-8-7-13-24-23(18)27-22(17)21/h5-14,16H,1-4H3/t16-/m0/s1/i14D. The molecule has 4 heteroatoms. The van der Waals surface area contributed by atoms with Gasteiger partial charge in [-0.3, -0.25) is 0 Å². The van der Waals surface area contributed by atoms with Crippen LogP contribution >= 0.6 is 0 Å². The number of anilines is 3. The van der Waals surface area contributed by atoms with Crippen LogP contribution in [0.5, 0.6) is 0 Å². The number of aryl methyl sites for hydroxylation is 1. The number of para-hydroxylation sites is 2. The smallest absolute Gasteiger partial charge is 0.227 e. The van der Waals surface area contributed by atoms with Crippen LogP contribution in [0.2, 0.25) is 0 Å². The van der Waals surface area contributed by atoms with E-state index >= 15 is 0 Å². The molecule has 2 aromatic heterocycles. The van der Waals surface area contributed by atoms with Gasteiger partial charge in [0.15, 0.2) is 5.58 Å². The second-order valence-corrected chi connectivity index (χ2v) is 7.37. The second kappa shape index (κ2) is 5.74. The highest BCUT2D eigenvalue weighted by Gasteiger charge is 2.37. The summed E-state index contributed by atoms with van der Waals surface area (Å²) >= 11 is 0. The number of fused-ring (bicyclic) bond motifs is 4. The molecule has 1 aliphatic heterocycles. The molecule has 1 atom stereocenters. The molecule has 2 aromatic carbocycles. The van der Waals surface area contributed by atoms with Crippen LogP contribution in [0.15, 0.2) is 59.1 Å². The molecule has 0 bridgehead atoms. The van der Waals surface area contributed by atoms with Crippen molar-refractivity contribution in [3.63, 3.8) is 0 Å². The van der Waals surface area contributed by atoms with Crippen LogP contribution in [0.1, 0.15) is 27.7 Å². The minimum absolute atomic E-state index is 0.0182. The lowest BCUT2D eigenvalue weighted by Gasteiger charge is -2.33. The summed E-state index contributed by atoms with van der Waals surface area (Å²) in [5.41, 5.74) is 5.85. The molecular weight excluding hydrogens is 334 g/mol. The molecule has 0 N–H and O–H groups in total. The zero-order valence-corrected chi connectivity index (χ0v) is 16.0. The van der Waals surface area contributed by atoms with Gasteiger partial charge < -0.3 is 14.2 Å². The monoisotopic (exact) mass is 358 g/mol. The predicted octanol–water partition coefficient (Wildman–Crippen LogP) is 6.00. The molecule has 0 aliphatic carbocycles. The molecule has 136 valence electrons. The average molecular weight is 358 g/mol. The first kappa shape index (κ1) is 15.1. The van der Waals surface area contributed by atoms with Crippen LogP contribution in [-0.2, 0) is 0 Å². The van der Waals surface area contributed by atoms with Gasteiger partial charge in [0.25, 0.3) is 0 Å². The van der Waals surface area contributed by atoms with Gasteiger partial charge >= 0.3 is 0 Å². The fourth-order valence-corrected chi connectivity index (χ4v) is 4.37. The molecule has 0 saturated carbocycles. The normalized spacial score (nSPS) is 17.6. The van der Waals surface area contributed by atoms with Gasteiger partial charge in [-0.25, -0.2) is 4.98 Å². The first-order chi connectivity index (χ1) is 13.4. The Balaban J connectivity index is 1.82. The third-order valence-electron chi connectivity index (χ3n) is 5.46. The lowest BCUT2D eigenvalue weighted by Crippen LogP contribution is -2.42. The number of benzene rings is 2. The van der Waals surface area contributed by atoms with Crippen LogP contribution in [0, 0.1) is 6.92 Å². The highest BCUT2D eigenvalue weighted by atomic mass is 16.3. The third-order valence-corrected chi connectivity index (χ3v) is 5.46. The van der Waals surface area contributed by atoms with E-state index in [9.17, 15) is 0 Å². The van der Waals surface area contributed by atoms with Crippen molar-refractivity contribution in [1.82, 2.24) is 4.98 Å². The largest absolute Gasteiger partial charge is 0.435 e. The summed E-state index contributed by atoms with van der Waals surface area (Å²) in [6.45, 7) is 8.12. The van der Waals surface area contributed by atoms with Crippen molar-refractivity contribution >= 4 is 39.1 Å². The molecule has 3 heterocycles. The molecule has 0 fully saturated rings. The predicted molar refractivity (Wildman–Crippen MR) is 112 cm³/mol. The van der Waals surface area contributed by atoms with E-state index in [0.717, 1.165) is 39.0 Å². The number of hydrogen-bond acceptors (Lipinski definition) is 4. The van der Waals surface area contributed by atoms with Gasteiger partial charge in [0.1, 0.15) is 6.17 Å². The van der Waals surface area contributed by atoms with Gasteiger partial charge in [0.2, 0.25) is 5.71 Å². The fraction of sp³-hybridized carbons (Fsp3) is 0.261. The molecular formula is C23H23N3O. The summed E-state index contributed by atoms with van der Waals surface area (Å²) in [4.78, 5) is 8.86. The van der Waals surface area contributed by atoms with Gasteiger partial charge in [-0.05, 0) is 57.5 Å². The number of furan rings is 1. The topological polar surface area (TPSA) is 32.5 Å². The van der Waals surface area contributed by atoms with Crippen molar-refractivity contribution in [1.29, 1.82) is 0 Å². The van der Waals surface area contributed by atoms with E-state index < -0.39 is 6.02 Å². The Morgan fingerprint density at radius 3 is 2.59 bits per heavy atom. The molecule has 27 heavy (non-hydrogen) atoms. The Hall–Kier alpha value is -3.01. The van der Waals surface area contributed by atoms with Crippen molar-refractivity contribution in [2.24, 2.45) is 0 Å². The van der Waals surface area contributed by atoms with Crippen molar-refractivity contribution < 1.29 is 5.79 Å². The highest BCUT2D eigenvalue weighted by molar-refractivity contribution is 6.09. The molecule has 4 nitrogen and oxygen atoms in total. The maximum absolute atomic E-state index is 8.71. The fourth-order valence-electron chi connectivity index (χ4n) is 4.37. The summed E-state index contributed by atoms with van der Waals surface area (Å²) < 4.78 is 15.0. The van der Waals surface area contributed by atoms with E-state index in [4.69, 9.17) is 5.79 Å². The van der Waals surface area contributed by atoms with Crippen LogP contribution in [0.3, 0.4) is 0 Å². The van der Waals surface area contributed by atoms with E-state index in [1.807, 2.05) is 32.0 Å². The first-order valence-electron chi connectivity index (χ1n) is 9.82. The summed E-state index contributed by atoms with van der Waals surface area (Å²) in [5.74, 6) is 0. The van der Waals surface area contributed by atoms with E-state index in [0.29, 0.717) is 5.71 Å². The quantitative estimate of drug-likeness (QED) is 0.440. The van der Waals surface area contributed by atoms with Crippen molar-refractivity contribution in [2.75, 3.05) is 9.80 Å². The zero-order chi connectivity index (χ0) is 19.6.